The zero-order valence-electron chi connectivity index (χ0n) is 17.7. The fourth-order valence-electron chi connectivity index (χ4n) is 3.27. The van der Waals surface area contributed by atoms with Crippen molar-refractivity contribution in [2.24, 2.45) is 0 Å². The SMILES string of the molecule is CCOc1ccc(C(=O)Nc2c(C(=O)Nc3cccc(OC)c3)oc3ccccc23)cc1. The monoisotopic (exact) mass is 430 g/mol. The molecule has 4 rings (SSSR count). The summed E-state index contributed by atoms with van der Waals surface area (Å²) in [5.41, 5.74) is 1.77. The molecule has 0 bridgehead atoms. The van der Waals surface area contributed by atoms with Crippen molar-refractivity contribution in [1.29, 1.82) is 0 Å². The Labute approximate surface area is 184 Å². The van der Waals surface area contributed by atoms with Crippen LogP contribution in [-0.2, 0) is 0 Å². The highest BCUT2D eigenvalue weighted by molar-refractivity contribution is 6.16. The fraction of sp³-hybridized carbons (Fsp3) is 0.120. The lowest BCUT2D eigenvalue weighted by Gasteiger charge is -2.09. The zero-order chi connectivity index (χ0) is 22.5. The maximum atomic E-state index is 13.0. The number of benzene rings is 3. The van der Waals surface area contributed by atoms with Gasteiger partial charge in [0.05, 0.1) is 13.7 Å². The molecular weight excluding hydrogens is 408 g/mol. The molecule has 0 unspecified atom stereocenters. The molecule has 7 heteroatoms. The van der Waals surface area contributed by atoms with Gasteiger partial charge in [-0.05, 0) is 55.5 Å². The first-order valence-electron chi connectivity index (χ1n) is 10.1. The maximum Gasteiger partial charge on any atom is 0.293 e. The summed E-state index contributed by atoms with van der Waals surface area (Å²) in [6, 6.07) is 20.9. The van der Waals surface area contributed by atoms with Gasteiger partial charge in [-0.25, -0.2) is 0 Å². The second-order valence-corrected chi connectivity index (χ2v) is 6.90. The third kappa shape index (κ3) is 4.41. The third-order valence-electron chi connectivity index (χ3n) is 4.80. The summed E-state index contributed by atoms with van der Waals surface area (Å²) in [7, 11) is 1.55. The van der Waals surface area contributed by atoms with E-state index in [9.17, 15) is 9.59 Å². The molecule has 0 saturated heterocycles. The largest absolute Gasteiger partial charge is 0.497 e. The number of rotatable bonds is 7. The van der Waals surface area contributed by atoms with E-state index in [1.807, 2.05) is 13.0 Å². The van der Waals surface area contributed by atoms with Gasteiger partial charge in [0, 0.05) is 22.7 Å². The highest BCUT2D eigenvalue weighted by Crippen LogP contribution is 2.32. The summed E-state index contributed by atoms with van der Waals surface area (Å²) >= 11 is 0. The smallest absolute Gasteiger partial charge is 0.293 e. The second kappa shape index (κ2) is 9.26. The molecular formula is C25H22N2O5. The molecule has 0 atom stereocenters. The van der Waals surface area contributed by atoms with E-state index in [2.05, 4.69) is 10.6 Å². The Morgan fingerprint density at radius 1 is 0.875 bits per heavy atom. The molecule has 0 radical (unpaired) electrons. The standard InChI is InChI=1S/C25H22N2O5/c1-3-31-18-13-11-16(12-14-18)24(28)27-22-20-9-4-5-10-21(20)32-23(22)25(29)26-17-7-6-8-19(15-17)30-2/h4-15H,3H2,1-2H3,(H,26,29)(H,27,28). The van der Waals surface area contributed by atoms with Crippen LogP contribution in [0, 0.1) is 0 Å². The van der Waals surface area contributed by atoms with Crippen LogP contribution in [-0.4, -0.2) is 25.5 Å². The van der Waals surface area contributed by atoms with Crippen LogP contribution in [0.25, 0.3) is 11.0 Å². The van der Waals surface area contributed by atoms with Crippen LogP contribution in [0.5, 0.6) is 11.5 Å². The molecule has 7 nitrogen and oxygen atoms in total. The number of fused-ring (bicyclic) bond motifs is 1. The van der Waals surface area contributed by atoms with E-state index < -0.39 is 5.91 Å². The minimum atomic E-state index is -0.489. The van der Waals surface area contributed by atoms with Crippen molar-refractivity contribution in [3.63, 3.8) is 0 Å². The van der Waals surface area contributed by atoms with Crippen molar-refractivity contribution in [3.8, 4) is 11.5 Å². The van der Waals surface area contributed by atoms with Gasteiger partial charge >= 0.3 is 0 Å². The van der Waals surface area contributed by atoms with Crippen LogP contribution < -0.4 is 20.1 Å². The molecule has 1 aromatic heterocycles. The van der Waals surface area contributed by atoms with Crippen molar-refractivity contribution >= 4 is 34.2 Å². The van der Waals surface area contributed by atoms with Gasteiger partial charge in [0.1, 0.15) is 22.8 Å². The Hall–Kier alpha value is -4.26. The van der Waals surface area contributed by atoms with E-state index >= 15 is 0 Å². The van der Waals surface area contributed by atoms with E-state index in [1.165, 1.54) is 0 Å². The van der Waals surface area contributed by atoms with Crippen LogP contribution in [0.15, 0.2) is 77.2 Å². The highest BCUT2D eigenvalue weighted by atomic mass is 16.5. The molecule has 162 valence electrons. The number of anilines is 2. The Kier molecular flexibility index (Phi) is 6.07. The first kappa shape index (κ1) is 21.0. The summed E-state index contributed by atoms with van der Waals surface area (Å²) in [5.74, 6) is 0.437. The van der Waals surface area contributed by atoms with Crippen molar-refractivity contribution in [3.05, 3.63) is 84.1 Å². The molecule has 32 heavy (non-hydrogen) atoms. The topological polar surface area (TPSA) is 89.8 Å². The van der Waals surface area contributed by atoms with Gasteiger partial charge in [0.15, 0.2) is 0 Å². The molecule has 0 aliphatic rings. The summed E-state index contributed by atoms with van der Waals surface area (Å²) in [6.45, 7) is 2.43. The lowest BCUT2D eigenvalue weighted by Crippen LogP contribution is -2.17. The number of furan rings is 1. The molecule has 3 aromatic carbocycles. The molecule has 1 heterocycles. The minimum Gasteiger partial charge on any atom is -0.497 e. The Bertz CT molecular complexity index is 1260. The van der Waals surface area contributed by atoms with Crippen LogP contribution in [0.4, 0.5) is 11.4 Å². The van der Waals surface area contributed by atoms with E-state index in [0.29, 0.717) is 46.0 Å². The normalized spacial score (nSPS) is 10.6. The van der Waals surface area contributed by atoms with Crippen LogP contribution in [0.1, 0.15) is 27.8 Å². The van der Waals surface area contributed by atoms with Crippen molar-refractivity contribution in [2.75, 3.05) is 24.4 Å². The average molecular weight is 430 g/mol. The molecule has 0 spiro atoms. The quantitative estimate of drug-likeness (QED) is 0.413. The third-order valence-corrected chi connectivity index (χ3v) is 4.80. The fourth-order valence-corrected chi connectivity index (χ4v) is 3.27. The number of carbonyl (C=O) groups is 2. The van der Waals surface area contributed by atoms with Gasteiger partial charge in [-0.2, -0.15) is 0 Å². The summed E-state index contributed by atoms with van der Waals surface area (Å²) in [4.78, 5) is 25.9. The molecule has 0 aliphatic carbocycles. The first-order valence-corrected chi connectivity index (χ1v) is 10.1. The van der Waals surface area contributed by atoms with Crippen molar-refractivity contribution < 1.29 is 23.5 Å². The van der Waals surface area contributed by atoms with Gasteiger partial charge in [-0.1, -0.05) is 18.2 Å². The number of hydrogen-bond donors (Lipinski definition) is 2. The van der Waals surface area contributed by atoms with Gasteiger partial charge in [-0.15, -0.1) is 0 Å². The van der Waals surface area contributed by atoms with Crippen molar-refractivity contribution in [1.82, 2.24) is 0 Å². The Balaban J connectivity index is 1.63. The molecule has 0 fully saturated rings. The second-order valence-electron chi connectivity index (χ2n) is 6.90. The van der Waals surface area contributed by atoms with Crippen LogP contribution in [0.3, 0.4) is 0 Å². The molecule has 4 aromatic rings. The molecule has 2 N–H and O–H groups in total. The minimum absolute atomic E-state index is 0.00769. The number of carbonyl (C=O) groups excluding carboxylic acids is 2. The lowest BCUT2D eigenvalue weighted by atomic mass is 10.1. The Morgan fingerprint density at radius 3 is 2.41 bits per heavy atom. The Morgan fingerprint density at radius 2 is 1.66 bits per heavy atom. The lowest BCUT2D eigenvalue weighted by molar-refractivity contribution is 0.0999. The van der Waals surface area contributed by atoms with E-state index in [4.69, 9.17) is 13.9 Å². The van der Waals surface area contributed by atoms with E-state index in [0.717, 1.165) is 0 Å². The van der Waals surface area contributed by atoms with Crippen LogP contribution in [0.2, 0.25) is 0 Å². The average Bonchev–Trinajstić information content (AvgIpc) is 3.18. The van der Waals surface area contributed by atoms with E-state index in [-0.39, 0.29) is 11.7 Å². The van der Waals surface area contributed by atoms with Gasteiger partial charge in [-0.3, -0.25) is 9.59 Å². The molecule has 0 aliphatic heterocycles. The first-order chi connectivity index (χ1) is 15.6. The maximum absolute atomic E-state index is 13.0. The predicted octanol–water partition coefficient (Wildman–Crippen LogP) is 5.34. The zero-order valence-corrected chi connectivity index (χ0v) is 17.7. The predicted molar refractivity (Wildman–Crippen MR) is 123 cm³/mol. The summed E-state index contributed by atoms with van der Waals surface area (Å²) < 4.78 is 16.4. The van der Waals surface area contributed by atoms with Gasteiger partial charge in [0.25, 0.3) is 11.8 Å². The number of amides is 2. The summed E-state index contributed by atoms with van der Waals surface area (Å²) in [6.07, 6.45) is 0. The highest BCUT2D eigenvalue weighted by Gasteiger charge is 2.23. The molecule has 0 saturated carbocycles. The number of methoxy groups -OCH3 is 1. The number of nitrogens with one attached hydrogen (secondary N) is 2. The summed E-state index contributed by atoms with van der Waals surface area (Å²) in [5, 5.41) is 6.25. The number of ether oxygens (including phenoxy) is 2. The number of para-hydroxylation sites is 1. The van der Waals surface area contributed by atoms with Gasteiger partial charge < -0.3 is 24.5 Å². The molecule has 2 amide bonds. The number of hydrogen-bond acceptors (Lipinski definition) is 5. The van der Waals surface area contributed by atoms with Crippen LogP contribution >= 0.6 is 0 Å². The van der Waals surface area contributed by atoms with Gasteiger partial charge in [0.2, 0.25) is 5.76 Å². The van der Waals surface area contributed by atoms with Crippen molar-refractivity contribution in [2.45, 2.75) is 6.92 Å². The van der Waals surface area contributed by atoms with E-state index in [1.54, 1.807) is 73.8 Å².